The predicted molar refractivity (Wildman–Crippen MR) is 101 cm³/mol. The molecule has 138 valence electrons. The molecule has 0 aliphatic carbocycles. The number of nitrogens with two attached hydrogens (primary N) is 1. The second-order valence-electron chi connectivity index (χ2n) is 6.43. The molecule has 1 aliphatic heterocycles. The van der Waals surface area contributed by atoms with Crippen molar-refractivity contribution in [1.29, 1.82) is 0 Å². The Morgan fingerprint density at radius 3 is 2.81 bits per heavy atom. The van der Waals surface area contributed by atoms with Gasteiger partial charge in [0.1, 0.15) is 5.75 Å². The molecule has 1 aromatic carbocycles. The fraction of sp³-hybridized carbons (Fsp3) is 0.389. The molecule has 0 saturated carbocycles. The Morgan fingerprint density at radius 1 is 1.35 bits per heavy atom. The fourth-order valence-corrected chi connectivity index (χ4v) is 3.27. The standard InChI is InChI=1S/C18H24N6O2/c1-12-11-23(7-8-24(12)17(26)10-20-2)15-9-14(21-22-18(15)19)13-5-3-4-6-16(13)25/h3-6,9,12,20,25H,7-8,10-11H2,1-2H3,(H2,19,22). The van der Waals surface area contributed by atoms with Crippen LogP contribution in [0.4, 0.5) is 11.5 Å². The third kappa shape index (κ3) is 3.55. The predicted octanol–water partition coefficient (Wildman–Crippen LogP) is 0.688. The van der Waals surface area contributed by atoms with Gasteiger partial charge in [0.25, 0.3) is 0 Å². The zero-order valence-corrected chi connectivity index (χ0v) is 15.0. The van der Waals surface area contributed by atoms with E-state index in [4.69, 9.17) is 5.73 Å². The van der Waals surface area contributed by atoms with Crippen LogP contribution < -0.4 is 16.0 Å². The number of anilines is 2. The van der Waals surface area contributed by atoms with E-state index in [0.717, 1.165) is 5.69 Å². The first-order chi connectivity index (χ1) is 12.5. The molecule has 1 amide bonds. The molecule has 1 aromatic heterocycles. The largest absolute Gasteiger partial charge is 0.507 e. The second-order valence-corrected chi connectivity index (χ2v) is 6.43. The lowest BCUT2D eigenvalue weighted by molar-refractivity contribution is -0.132. The van der Waals surface area contributed by atoms with Crippen LogP contribution in [0.25, 0.3) is 11.3 Å². The summed E-state index contributed by atoms with van der Waals surface area (Å²) >= 11 is 0. The smallest absolute Gasteiger partial charge is 0.236 e. The van der Waals surface area contributed by atoms with Crippen LogP contribution >= 0.6 is 0 Å². The first-order valence-electron chi connectivity index (χ1n) is 8.62. The number of phenolic OH excluding ortho intramolecular Hbond substituents is 1. The third-order valence-corrected chi connectivity index (χ3v) is 4.60. The number of hydrogen-bond acceptors (Lipinski definition) is 7. The normalized spacial score (nSPS) is 17.4. The van der Waals surface area contributed by atoms with Crippen molar-refractivity contribution in [2.24, 2.45) is 0 Å². The number of likely N-dealkylation sites (N-methyl/N-ethyl adjacent to an activating group) is 1. The van der Waals surface area contributed by atoms with Crippen molar-refractivity contribution in [2.75, 3.05) is 43.9 Å². The highest BCUT2D eigenvalue weighted by atomic mass is 16.3. The van der Waals surface area contributed by atoms with E-state index in [9.17, 15) is 9.90 Å². The van der Waals surface area contributed by atoms with Gasteiger partial charge in [0.15, 0.2) is 5.82 Å². The molecular weight excluding hydrogens is 332 g/mol. The lowest BCUT2D eigenvalue weighted by Gasteiger charge is -2.41. The minimum atomic E-state index is 0.0609. The number of carbonyl (C=O) groups is 1. The Balaban J connectivity index is 1.83. The van der Waals surface area contributed by atoms with E-state index >= 15 is 0 Å². The van der Waals surface area contributed by atoms with E-state index in [0.29, 0.717) is 43.3 Å². The molecule has 0 bridgehead atoms. The van der Waals surface area contributed by atoms with Crippen molar-refractivity contribution in [1.82, 2.24) is 20.4 Å². The van der Waals surface area contributed by atoms with Gasteiger partial charge in [-0.05, 0) is 32.2 Å². The summed E-state index contributed by atoms with van der Waals surface area (Å²) in [6.45, 7) is 4.30. The van der Waals surface area contributed by atoms with E-state index < -0.39 is 0 Å². The van der Waals surface area contributed by atoms with Gasteiger partial charge in [-0.25, -0.2) is 0 Å². The van der Waals surface area contributed by atoms with Crippen LogP contribution in [0.15, 0.2) is 30.3 Å². The zero-order valence-electron chi connectivity index (χ0n) is 15.0. The number of nitrogens with one attached hydrogen (secondary N) is 1. The van der Waals surface area contributed by atoms with Crippen LogP contribution in [0.1, 0.15) is 6.92 Å². The fourth-order valence-electron chi connectivity index (χ4n) is 3.27. The van der Waals surface area contributed by atoms with Crippen molar-refractivity contribution in [3.05, 3.63) is 30.3 Å². The van der Waals surface area contributed by atoms with Gasteiger partial charge in [0.2, 0.25) is 5.91 Å². The van der Waals surface area contributed by atoms with Crippen molar-refractivity contribution in [3.63, 3.8) is 0 Å². The Kier molecular flexibility index (Phi) is 5.22. The summed E-state index contributed by atoms with van der Waals surface area (Å²) in [7, 11) is 1.77. The van der Waals surface area contributed by atoms with E-state index in [2.05, 4.69) is 20.4 Å². The van der Waals surface area contributed by atoms with Crippen LogP contribution in [0.2, 0.25) is 0 Å². The molecule has 1 atom stereocenters. The molecule has 1 unspecified atom stereocenters. The molecule has 2 heterocycles. The highest BCUT2D eigenvalue weighted by molar-refractivity contribution is 5.79. The number of nitrogens with zero attached hydrogens (tertiary/aromatic N) is 4. The quantitative estimate of drug-likeness (QED) is 0.740. The van der Waals surface area contributed by atoms with Gasteiger partial charge in [-0.3, -0.25) is 4.79 Å². The van der Waals surface area contributed by atoms with Crippen molar-refractivity contribution < 1.29 is 9.90 Å². The van der Waals surface area contributed by atoms with Gasteiger partial charge in [-0.15, -0.1) is 10.2 Å². The maximum absolute atomic E-state index is 12.2. The molecule has 4 N–H and O–H groups in total. The molecule has 0 spiro atoms. The molecule has 0 radical (unpaired) electrons. The van der Waals surface area contributed by atoms with Crippen LogP contribution in [0.5, 0.6) is 5.75 Å². The second kappa shape index (κ2) is 7.57. The minimum Gasteiger partial charge on any atom is -0.507 e. The number of rotatable bonds is 4. The summed E-state index contributed by atoms with van der Waals surface area (Å²) in [6, 6.07) is 8.90. The summed E-state index contributed by atoms with van der Waals surface area (Å²) in [5.41, 5.74) is 8.00. The average molecular weight is 356 g/mol. The SMILES string of the molecule is CNCC(=O)N1CCN(c2cc(-c3ccccc3O)nnc2N)CC1C. The molecule has 1 fully saturated rings. The summed E-state index contributed by atoms with van der Waals surface area (Å²) in [6.07, 6.45) is 0. The molecule has 1 aliphatic rings. The monoisotopic (exact) mass is 356 g/mol. The number of hydrogen-bond donors (Lipinski definition) is 3. The minimum absolute atomic E-state index is 0.0609. The van der Waals surface area contributed by atoms with Gasteiger partial charge >= 0.3 is 0 Å². The number of carbonyl (C=O) groups excluding carboxylic acids is 1. The van der Waals surface area contributed by atoms with Gasteiger partial charge in [0.05, 0.1) is 17.9 Å². The summed E-state index contributed by atoms with van der Waals surface area (Å²) < 4.78 is 0. The molecule has 3 rings (SSSR count). The number of benzene rings is 1. The number of aromatic nitrogens is 2. The topological polar surface area (TPSA) is 108 Å². The van der Waals surface area contributed by atoms with Gasteiger partial charge < -0.3 is 26.0 Å². The number of aromatic hydroxyl groups is 1. The van der Waals surface area contributed by atoms with Gasteiger partial charge in [-0.2, -0.15) is 0 Å². The lowest BCUT2D eigenvalue weighted by Crippen LogP contribution is -2.55. The van der Waals surface area contributed by atoms with Crippen molar-refractivity contribution in [2.45, 2.75) is 13.0 Å². The van der Waals surface area contributed by atoms with Crippen LogP contribution in [0, 0.1) is 0 Å². The van der Waals surface area contributed by atoms with Gasteiger partial charge in [0, 0.05) is 31.2 Å². The van der Waals surface area contributed by atoms with Crippen LogP contribution in [-0.2, 0) is 4.79 Å². The van der Waals surface area contributed by atoms with E-state index in [1.54, 1.807) is 25.2 Å². The maximum atomic E-state index is 12.2. The van der Waals surface area contributed by atoms with Crippen molar-refractivity contribution >= 4 is 17.4 Å². The number of para-hydroxylation sites is 1. The van der Waals surface area contributed by atoms with Crippen molar-refractivity contribution in [3.8, 4) is 17.0 Å². The Bertz CT molecular complexity index is 797. The van der Waals surface area contributed by atoms with Crippen LogP contribution in [0.3, 0.4) is 0 Å². The molecule has 8 heteroatoms. The zero-order chi connectivity index (χ0) is 18.7. The lowest BCUT2D eigenvalue weighted by atomic mass is 10.1. The molecule has 26 heavy (non-hydrogen) atoms. The molecule has 1 saturated heterocycles. The van der Waals surface area contributed by atoms with Crippen LogP contribution in [-0.4, -0.2) is 65.4 Å². The summed E-state index contributed by atoms with van der Waals surface area (Å²) in [5, 5.41) is 21.1. The maximum Gasteiger partial charge on any atom is 0.236 e. The van der Waals surface area contributed by atoms with E-state index in [1.807, 2.05) is 24.0 Å². The summed E-state index contributed by atoms with van der Waals surface area (Å²) in [4.78, 5) is 16.2. The number of phenols is 1. The van der Waals surface area contributed by atoms with E-state index in [-0.39, 0.29) is 17.7 Å². The highest BCUT2D eigenvalue weighted by Gasteiger charge is 2.28. The molecule has 8 nitrogen and oxygen atoms in total. The Hall–Kier alpha value is -2.87. The number of amides is 1. The highest BCUT2D eigenvalue weighted by Crippen LogP contribution is 2.32. The first kappa shape index (κ1) is 17.9. The average Bonchev–Trinajstić information content (AvgIpc) is 2.63. The Labute approximate surface area is 152 Å². The van der Waals surface area contributed by atoms with Gasteiger partial charge in [-0.1, -0.05) is 12.1 Å². The Morgan fingerprint density at radius 2 is 2.12 bits per heavy atom. The molecular formula is C18H24N6O2. The number of nitrogen functional groups attached to an aromatic ring is 1. The first-order valence-corrected chi connectivity index (χ1v) is 8.62. The molecule has 2 aromatic rings. The third-order valence-electron chi connectivity index (χ3n) is 4.60. The van der Waals surface area contributed by atoms with E-state index in [1.165, 1.54) is 0 Å². The summed E-state index contributed by atoms with van der Waals surface area (Å²) in [5.74, 6) is 0.579. The number of piperazine rings is 1.